The molecule has 0 radical (unpaired) electrons. The lowest BCUT2D eigenvalue weighted by Gasteiger charge is -2.26. The fraction of sp³-hybridized carbons (Fsp3) is 1.00. The van der Waals surface area contributed by atoms with Gasteiger partial charge in [0, 0.05) is 6.61 Å². The molecule has 0 amide bonds. The maximum absolute atomic E-state index is 5.69. The van der Waals surface area contributed by atoms with Gasteiger partial charge < -0.3 is 4.74 Å². The normalized spacial score (nSPS) is 34.4. The Morgan fingerprint density at radius 2 is 1.64 bits per heavy atom. The maximum Gasteiger partial charge on any atom is 0.0604 e. The monoisotopic (exact) mass is 154 g/mol. The Balaban J connectivity index is 1.82. The predicted octanol–water partition coefficient (Wildman–Crippen LogP) is 2.75. The zero-order valence-electron chi connectivity index (χ0n) is 7.22. The van der Waals surface area contributed by atoms with Crippen LogP contribution in [0.25, 0.3) is 0 Å². The Morgan fingerprint density at radius 1 is 0.818 bits per heavy atom. The summed E-state index contributed by atoms with van der Waals surface area (Å²) in [6, 6.07) is 0. The highest BCUT2D eigenvalue weighted by Gasteiger charge is 2.26. The molecule has 1 heteroatoms. The van der Waals surface area contributed by atoms with Crippen molar-refractivity contribution in [1.82, 2.24) is 0 Å². The number of ether oxygens (including phenoxy) is 1. The Kier molecular flexibility index (Phi) is 2.47. The molecule has 1 saturated heterocycles. The Morgan fingerprint density at radius 3 is 2.27 bits per heavy atom. The van der Waals surface area contributed by atoms with Crippen molar-refractivity contribution in [2.45, 2.75) is 51.0 Å². The summed E-state index contributed by atoms with van der Waals surface area (Å²) in [6.07, 6.45) is 10.5. The molecule has 0 aromatic carbocycles. The van der Waals surface area contributed by atoms with Gasteiger partial charge in [-0.3, -0.25) is 0 Å². The van der Waals surface area contributed by atoms with Crippen molar-refractivity contribution in [3.8, 4) is 0 Å². The van der Waals surface area contributed by atoms with Gasteiger partial charge in [-0.1, -0.05) is 19.3 Å². The molecule has 2 fully saturated rings. The van der Waals surface area contributed by atoms with Crippen LogP contribution in [0.4, 0.5) is 0 Å². The highest BCUT2D eigenvalue weighted by Crippen LogP contribution is 2.32. The molecule has 1 heterocycles. The van der Waals surface area contributed by atoms with Crippen LogP contribution in [-0.2, 0) is 4.74 Å². The number of rotatable bonds is 1. The largest absolute Gasteiger partial charge is 0.378 e. The first-order valence-electron chi connectivity index (χ1n) is 5.08. The highest BCUT2D eigenvalue weighted by atomic mass is 16.5. The van der Waals surface area contributed by atoms with Crippen LogP contribution in [0.5, 0.6) is 0 Å². The molecule has 1 saturated carbocycles. The molecule has 2 rings (SSSR count). The zero-order chi connectivity index (χ0) is 7.52. The molecule has 1 aliphatic heterocycles. The average Bonchev–Trinajstić information content (AvgIpc) is 2.58. The molecule has 0 spiro atoms. The molecule has 0 aromatic rings. The van der Waals surface area contributed by atoms with Gasteiger partial charge in [0.25, 0.3) is 0 Å². The van der Waals surface area contributed by atoms with E-state index in [1.165, 1.54) is 44.9 Å². The van der Waals surface area contributed by atoms with Crippen LogP contribution in [0.15, 0.2) is 0 Å². The summed E-state index contributed by atoms with van der Waals surface area (Å²) in [7, 11) is 0. The first kappa shape index (κ1) is 7.60. The summed E-state index contributed by atoms with van der Waals surface area (Å²) in [5.41, 5.74) is 0. The molecule has 1 nitrogen and oxygen atoms in total. The van der Waals surface area contributed by atoms with E-state index in [0.29, 0.717) is 6.10 Å². The van der Waals surface area contributed by atoms with E-state index in [2.05, 4.69) is 0 Å². The predicted molar refractivity (Wildman–Crippen MR) is 45.5 cm³/mol. The van der Waals surface area contributed by atoms with E-state index < -0.39 is 0 Å². The summed E-state index contributed by atoms with van der Waals surface area (Å²) in [5.74, 6) is 0.922. The summed E-state index contributed by atoms with van der Waals surface area (Å²) in [6.45, 7) is 1.03. The van der Waals surface area contributed by atoms with Crippen molar-refractivity contribution in [2.24, 2.45) is 5.92 Å². The first-order chi connectivity index (χ1) is 5.47. The molecule has 11 heavy (non-hydrogen) atoms. The van der Waals surface area contributed by atoms with E-state index in [1.54, 1.807) is 0 Å². The SMILES string of the molecule is C1CCC([C@H]2CCCO2)CC1. The third-order valence-corrected chi connectivity index (χ3v) is 3.14. The van der Waals surface area contributed by atoms with E-state index in [0.717, 1.165) is 12.5 Å². The summed E-state index contributed by atoms with van der Waals surface area (Å²) < 4.78 is 5.69. The Labute approximate surface area is 69.1 Å². The van der Waals surface area contributed by atoms with Crippen molar-refractivity contribution in [3.63, 3.8) is 0 Å². The van der Waals surface area contributed by atoms with Gasteiger partial charge in [-0.2, -0.15) is 0 Å². The van der Waals surface area contributed by atoms with Crippen LogP contribution in [-0.4, -0.2) is 12.7 Å². The van der Waals surface area contributed by atoms with Gasteiger partial charge in [-0.25, -0.2) is 0 Å². The van der Waals surface area contributed by atoms with Crippen LogP contribution in [0.3, 0.4) is 0 Å². The van der Waals surface area contributed by atoms with Gasteiger partial charge in [0.15, 0.2) is 0 Å². The topological polar surface area (TPSA) is 9.23 Å². The zero-order valence-corrected chi connectivity index (χ0v) is 7.22. The Bertz CT molecular complexity index is 110. The minimum Gasteiger partial charge on any atom is -0.378 e. The van der Waals surface area contributed by atoms with Crippen molar-refractivity contribution >= 4 is 0 Å². The standard InChI is InChI=1S/C10H18O/c1-2-5-9(6-3-1)10-7-4-8-11-10/h9-10H,1-8H2/t10-/m1/s1. The molecular weight excluding hydrogens is 136 g/mol. The lowest BCUT2D eigenvalue weighted by Crippen LogP contribution is -2.21. The fourth-order valence-electron chi connectivity index (χ4n) is 2.48. The molecule has 1 atom stereocenters. The second kappa shape index (κ2) is 3.57. The first-order valence-corrected chi connectivity index (χ1v) is 5.08. The number of hydrogen-bond donors (Lipinski definition) is 0. The molecule has 1 aliphatic carbocycles. The van der Waals surface area contributed by atoms with Crippen LogP contribution < -0.4 is 0 Å². The molecular formula is C10H18O. The van der Waals surface area contributed by atoms with E-state index in [-0.39, 0.29) is 0 Å². The van der Waals surface area contributed by atoms with Crippen LogP contribution in [0.2, 0.25) is 0 Å². The minimum atomic E-state index is 0.648. The van der Waals surface area contributed by atoms with Crippen molar-refractivity contribution in [3.05, 3.63) is 0 Å². The van der Waals surface area contributed by atoms with E-state index in [1.807, 2.05) is 0 Å². The second-order valence-corrected chi connectivity index (χ2v) is 3.95. The Hall–Kier alpha value is -0.0400. The summed E-state index contributed by atoms with van der Waals surface area (Å²) in [5, 5.41) is 0. The smallest absolute Gasteiger partial charge is 0.0604 e. The van der Waals surface area contributed by atoms with Gasteiger partial charge in [0.1, 0.15) is 0 Å². The highest BCUT2D eigenvalue weighted by molar-refractivity contribution is 4.77. The lowest BCUT2D eigenvalue weighted by atomic mass is 9.84. The summed E-state index contributed by atoms with van der Waals surface area (Å²) in [4.78, 5) is 0. The van der Waals surface area contributed by atoms with Gasteiger partial charge in [0.05, 0.1) is 6.10 Å². The second-order valence-electron chi connectivity index (χ2n) is 3.95. The van der Waals surface area contributed by atoms with Crippen LogP contribution >= 0.6 is 0 Å². The molecule has 0 bridgehead atoms. The van der Waals surface area contributed by atoms with Gasteiger partial charge in [-0.05, 0) is 31.6 Å². The van der Waals surface area contributed by atoms with Gasteiger partial charge in [-0.15, -0.1) is 0 Å². The molecule has 64 valence electrons. The van der Waals surface area contributed by atoms with Gasteiger partial charge in [0.2, 0.25) is 0 Å². The van der Waals surface area contributed by atoms with E-state index in [4.69, 9.17) is 4.74 Å². The third kappa shape index (κ3) is 1.76. The minimum absolute atomic E-state index is 0.648. The van der Waals surface area contributed by atoms with Crippen LogP contribution in [0.1, 0.15) is 44.9 Å². The van der Waals surface area contributed by atoms with E-state index >= 15 is 0 Å². The summed E-state index contributed by atoms with van der Waals surface area (Å²) >= 11 is 0. The van der Waals surface area contributed by atoms with E-state index in [9.17, 15) is 0 Å². The van der Waals surface area contributed by atoms with Crippen molar-refractivity contribution in [2.75, 3.05) is 6.61 Å². The molecule has 0 aromatic heterocycles. The maximum atomic E-state index is 5.69. The molecule has 0 N–H and O–H groups in total. The van der Waals surface area contributed by atoms with Gasteiger partial charge >= 0.3 is 0 Å². The van der Waals surface area contributed by atoms with Crippen LogP contribution in [0, 0.1) is 5.92 Å². The van der Waals surface area contributed by atoms with Crippen molar-refractivity contribution in [1.29, 1.82) is 0 Å². The number of hydrogen-bond acceptors (Lipinski definition) is 1. The molecule has 2 aliphatic rings. The third-order valence-electron chi connectivity index (χ3n) is 3.14. The quantitative estimate of drug-likeness (QED) is 0.564. The molecule has 0 unspecified atom stereocenters. The lowest BCUT2D eigenvalue weighted by molar-refractivity contribution is 0.0477. The van der Waals surface area contributed by atoms with Crippen molar-refractivity contribution < 1.29 is 4.74 Å². The fourth-order valence-corrected chi connectivity index (χ4v) is 2.48. The average molecular weight is 154 g/mol.